The van der Waals surface area contributed by atoms with Crippen LogP contribution < -0.4 is 0 Å². The number of likely N-dealkylation sites (tertiary alicyclic amines) is 1. The lowest BCUT2D eigenvalue weighted by molar-refractivity contribution is -0.384. The van der Waals surface area contributed by atoms with Crippen LogP contribution >= 0.6 is 0 Å². The van der Waals surface area contributed by atoms with Crippen LogP contribution in [0.2, 0.25) is 0 Å². The first kappa shape index (κ1) is 15.5. The Kier molecular flexibility index (Phi) is 3.79. The summed E-state index contributed by atoms with van der Waals surface area (Å²) in [6.45, 7) is 1.13. The van der Waals surface area contributed by atoms with Gasteiger partial charge < -0.3 is 10.0 Å². The summed E-state index contributed by atoms with van der Waals surface area (Å²) in [6, 6.07) is 6.10. The quantitative estimate of drug-likeness (QED) is 0.674. The molecule has 3 rings (SSSR count). The Hall–Kier alpha value is -2.44. The Labute approximate surface area is 133 Å². The van der Waals surface area contributed by atoms with E-state index < -0.39 is 10.9 Å². The lowest BCUT2D eigenvalue weighted by Crippen LogP contribution is -2.40. The first-order valence-electron chi connectivity index (χ1n) is 7.65. The molecule has 1 unspecified atom stereocenters. The van der Waals surface area contributed by atoms with Crippen LogP contribution in [-0.2, 0) is 16.0 Å². The van der Waals surface area contributed by atoms with Crippen LogP contribution in [0.5, 0.6) is 0 Å². The van der Waals surface area contributed by atoms with Crippen LogP contribution in [0.25, 0.3) is 0 Å². The predicted octanol–water partition coefficient (Wildman–Crippen LogP) is 1.85. The molecule has 1 aliphatic carbocycles. The summed E-state index contributed by atoms with van der Waals surface area (Å²) in [5.41, 5.74) is 0.503. The van der Waals surface area contributed by atoms with E-state index >= 15 is 0 Å². The van der Waals surface area contributed by atoms with Gasteiger partial charge in [-0.2, -0.15) is 0 Å². The van der Waals surface area contributed by atoms with Gasteiger partial charge >= 0.3 is 5.97 Å². The Balaban J connectivity index is 1.57. The minimum absolute atomic E-state index is 0.0184. The second-order valence-corrected chi connectivity index (χ2v) is 6.44. The van der Waals surface area contributed by atoms with Crippen molar-refractivity contribution in [2.24, 2.45) is 11.3 Å². The minimum atomic E-state index is -0.735. The average molecular weight is 318 g/mol. The highest BCUT2D eigenvalue weighted by Gasteiger charge is 2.59. The fourth-order valence-corrected chi connectivity index (χ4v) is 3.52. The van der Waals surface area contributed by atoms with Crippen molar-refractivity contribution in [3.8, 4) is 0 Å². The van der Waals surface area contributed by atoms with Gasteiger partial charge in [-0.05, 0) is 30.2 Å². The van der Waals surface area contributed by atoms with Crippen molar-refractivity contribution in [1.29, 1.82) is 0 Å². The van der Waals surface area contributed by atoms with E-state index in [-0.39, 0.29) is 29.3 Å². The van der Waals surface area contributed by atoms with Crippen LogP contribution in [0.15, 0.2) is 24.3 Å². The normalized spacial score (nSPS) is 21.9. The number of carboxylic acids is 1. The zero-order chi connectivity index (χ0) is 16.6. The molecule has 1 aliphatic heterocycles. The van der Waals surface area contributed by atoms with Crippen LogP contribution in [0.4, 0.5) is 5.69 Å². The van der Waals surface area contributed by atoms with Gasteiger partial charge in [0.15, 0.2) is 0 Å². The largest absolute Gasteiger partial charge is 0.481 e. The molecular formula is C16H18N2O5. The maximum absolute atomic E-state index is 12.3. The zero-order valence-corrected chi connectivity index (χ0v) is 12.6. The van der Waals surface area contributed by atoms with E-state index in [1.54, 1.807) is 17.0 Å². The second-order valence-electron chi connectivity index (χ2n) is 6.44. The van der Waals surface area contributed by atoms with Gasteiger partial charge in [-0.3, -0.25) is 19.7 Å². The van der Waals surface area contributed by atoms with E-state index in [0.29, 0.717) is 18.7 Å². The van der Waals surface area contributed by atoms with Gasteiger partial charge in [0.05, 0.1) is 17.3 Å². The molecule has 1 amide bonds. The maximum Gasteiger partial charge on any atom is 0.307 e. The van der Waals surface area contributed by atoms with E-state index in [1.807, 2.05) is 0 Å². The van der Waals surface area contributed by atoms with E-state index in [2.05, 4.69) is 0 Å². The number of nitro benzene ring substituents is 1. The topological polar surface area (TPSA) is 101 Å². The summed E-state index contributed by atoms with van der Waals surface area (Å²) in [6.07, 6.45) is 2.31. The molecule has 0 bridgehead atoms. The van der Waals surface area contributed by atoms with E-state index in [0.717, 1.165) is 19.3 Å². The molecule has 1 aromatic carbocycles. The number of aliphatic carboxylic acids is 1. The number of benzene rings is 1. The van der Waals surface area contributed by atoms with Crippen molar-refractivity contribution >= 4 is 17.6 Å². The third-order valence-electron chi connectivity index (χ3n) is 5.08. The SMILES string of the molecule is O=C(O)C1CC12CCN(C(=O)Cc1cccc([N+](=O)[O-])c1)CC2. The number of hydrogen-bond acceptors (Lipinski definition) is 4. The first-order valence-corrected chi connectivity index (χ1v) is 7.65. The average Bonchev–Trinajstić information content (AvgIpc) is 3.22. The molecule has 0 radical (unpaired) electrons. The van der Waals surface area contributed by atoms with Crippen LogP contribution in [0.3, 0.4) is 0 Å². The summed E-state index contributed by atoms with van der Waals surface area (Å²) in [5.74, 6) is -1.05. The smallest absolute Gasteiger partial charge is 0.307 e. The van der Waals surface area contributed by atoms with Crippen molar-refractivity contribution in [3.05, 3.63) is 39.9 Å². The van der Waals surface area contributed by atoms with Crippen molar-refractivity contribution in [2.75, 3.05) is 13.1 Å². The minimum Gasteiger partial charge on any atom is -0.481 e. The summed E-state index contributed by atoms with van der Waals surface area (Å²) >= 11 is 0. The number of non-ortho nitro benzene ring substituents is 1. The van der Waals surface area contributed by atoms with Crippen molar-refractivity contribution in [1.82, 2.24) is 4.90 Å². The van der Waals surface area contributed by atoms with Gasteiger partial charge in [0.1, 0.15) is 0 Å². The van der Waals surface area contributed by atoms with Crippen LogP contribution in [-0.4, -0.2) is 39.9 Å². The third-order valence-corrected chi connectivity index (χ3v) is 5.08. The number of rotatable bonds is 4. The summed E-state index contributed by atoms with van der Waals surface area (Å²) < 4.78 is 0. The number of nitro groups is 1. The fourth-order valence-electron chi connectivity index (χ4n) is 3.52. The van der Waals surface area contributed by atoms with Gasteiger partial charge in [0, 0.05) is 25.2 Å². The van der Waals surface area contributed by atoms with Gasteiger partial charge in [-0.1, -0.05) is 12.1 Å². The molecule has 7 heteroatoms. The Morgan fingerprint density at radius 3 is 2.61 bits per heavy atom. The lowest BCUT2D eigenvalue weighted by Gasteiger charge is -2.32. The molecule has 23 heavy (non-hydrogen) atoms. The third kappa shape index (κ3) is 3.04. The van der Waals surface area contributed by atoms with E-state index in [1.165, 1.54) is 12.1 Å². The molecule has 7 nitrogen and oxygen atoms in total. The highest BCUT2D eigenvalue weighted by atomic mass is 16.6. The van der Waals surface area contributed by atoms with E-state index in [9.17, 15) is 19.7 Å². The summed E-state index contributed by atoms with van der Waals surface area (Å²) in [7, 11) is 0. The highest BCUT2D eigenvalue weighted by molar-refractivity contribution is 5.79. The molecule has 1 heterocycles. The molecule has 122 valence electrons. The molecule has 1 atom stereocenters. The van der Waals surface area contributed by atoms with Gasteiger partial charge in [0.2, 0.25) is 5.91 Å². The summed E-state index contributed by atoms with van der Waals surface area (Å²) in [4.78, 5) is 35.4. The Morgan fingerprint density at radius 1 is 1.35 bits per heavy atom. The van der Waals surface area contributed by atoms with Gasteiger partial charge in [0.25, 0.3) is 5.69 Å². The number of piperidine rings is 1. The predicted molar refractivity (Wildman–Crippen MR) is 80.8 cm³/mol. The Morgan fingerprint density at radius 2 is 2.04 bits per heavy atom. The fraction of sp³-hybridized carbons (Fsp3) is 0.500. The number of carbonyl (C=O) groups is 2. The monoisotopic (exact) mass is 318 g/mol. The number of hydrogen-bond donors (Lipinski definition) is 1. The molecule has 1 spiro atoms. The molecule has 1 saturated carbocycles. The van der Waals surface area contributed by atoms with E-state index in [4.69, 9.17) is 5.11 Å². The van der Waals surface area contributed by atoms with Crippen molar-refractivity contribution in [3.63, 3.8) is 0 Å². The first-order chi connectivity index (χ1) is 10.9. The van der Waals surface area contributed by atoms with Gasteiger partial charge in [-0.15, -0.1) is 0 Å². The number of amides is 1. The number of nitrogens with zero attached hydrogens (tertiary/aromatic N) is 2. The summed E-state index contributed by atoms with van der Waals surface area (Å²) in [5, 5.41) is 19.8. The van der Waals surface area contributed by atoms with Crippen molar-refractivity contribution < 1.29 is 19.6 Å². The number of carbonyl (C=O) groups excluding carboxylic acids is 1. The van der Waals surface area contributed by atoms with Crippen LogP contribution in [0.1, 0.15) is 24.8 Å². The molecular weight excluding hydrogens is 300 g/mol. The molecule has 1 N–H and O–H groups in total. The number of carboxylic acid groups (broad SMARTS) is 1. The molecule has 1 saturated heterocycles. The maximum atomic E-state index is 12.3. The molecule has 2 aliphatic rings. The second kappa shape index (κ2) is 5.64. The standard InChI is InChI=1S/C16H18N2O5/c19-14(9-11-2-1-3-12(8-11)18(22)23)17-6-4-16(5-7-17)10-13(16)15(20)21/h1-3,8,13H,4-7,9-10H2,(H,20,21). The van der Waals surface area contributed by atoms with Gasteiger partial charge in [-0.25, -0.2) is 0 Å². The molecule has 1 aromatic rings. The Bertz CT molecular complexity index is 664. The van der Waals surface area contributed by atoms with Crippen molar-refractivity contribution in [2.45, 2.75) is 25.7 Å². The zero-order valence-electron chi connectivity index (χ0n) is 12.6. The van der Waals surface area contributed by atoms with Crippen LogP contribution in [0, 0.1) is 21.4 Å². The molecule has 0 aromatic heterocycles. The molecule has 2 fully saturated rings. The highest BCUT2D eigenvalue weighted by Crippen LogP contribution is 2.59. The lowest BCUT2D eigenvalue weighted by atomic mass is 9.90.